The van der Waals surface area contributed by atoms with E-state index in [-0.39, 0.29) is 5.75 Å². The number of phenols is 1. The van der Waals surface area contributed by atoms with E-state index in [2.05, 4.69) is 15.5 Å². The van der Waals surface area contributed by atoms with Crippen LogP contribution in [0.15, 0.2) is 18.2 Å². The lowest BCUT2D eigenvalue weighted by Gasteiger charge is -2.10. The van der Waals surface area contributed by atoms with Crippen LogP contribution in [0.2, 0.25) is 0 Å². The van der Waals surface area contributed by atoms with Crippen molar-refractivity contribution in [3.8, 4) is 11.5 Å². The van der Waals surface area contributed by atoms with E-state index in [1.54, 1.807) is 6.07 Å². The molecule has 0 unspecified atom stereocenters. The molecule has 2 aromatic rings. The van der Waals surface area contributed by atoms with Crippen molar-refractivity contribution in [2.45, 2.75) is 27.3 Å². The smallest absolute Gasteiger partial charge is 0.161 e. The zero-order chi connectivity index (χ0) is 13.8. The molecule has 0 aliphatic carbocycles. The molecule has 0 aliphatic rings. The molecule has 0 saturated carbocycles. The van der Waals surface area contributed by atoms with Gasteiger partial charge in [-0.25, -0.2) is 0 Å². The summed E-state index contributed by atoms with van der Waals surface area (Å²) in [5.41, 5.74) is 4.02. The van der Waals surface area contributed by atoms with Crippen LogP contribution in [0.4, 0.5) is 5.69 Å². The van der Waals surface area contributed by atoms with Gasteiger partial charge in [-0.2, -0.15) is 5.10 Å². The largest absolute Gasteiger partial charge is 0.504 e. The molecule has 0 amide bonds. The van der Waals surface area contributed by atoms with Crippen LogP contribution in [0.1, 0.15) is 23.9 Å². The molecule has 5 heteroatoms. The van der Waals surface area contributed by atoms with Crippen LogP contribution in [0.3, 0.4) is 0 Å². The highest BCUT2D eigenvalue weighted by molar-refractivity contribution is 5.52. The third-order valence-corrected chi connectivity index (χ3v) is 2.92. The summed E-state index contributed by atoms with van der Waals surface area (Å²) in [4.78, 5) is 0. The van der Waals surface area contributed by atoms with Gasteiger partial charge in [-0.15, -0.1) is 0 Å². The maximum atomic E-state index is 9.65. The predicted octanol–water partition coefficient (Wildman–Crippen LogP) is 2.74. The van der Waals surface area contributed by atoms with Gasteiger partial charge in [0.15, 0.2) is 11.5 Å². The first kappa shape index (κ1) is 13.3. The average molecular weight is 261 g/mol. The number of nitrogens with zero attached hydrogens (tertiary/aromatic N) is 1. The van der Waals surface area contributed by atoms with E-state index in [1.807, 2.05) is 32.9 Å². The van der Waals surface area contributed by atoms with Crippen LogP contribution >= 0.6 is 0 Å². The normalized spacial score (nSPS) is 10.5. The number of aryl methyl sites for hydroxylation is 2. The maximum absolute atomic E-state index is 9.65. The molecule has 0 atom stereocenters. The summed E-state index contributed by atoms with van der Waals surface area (Å²) in [6, 6.07) is 5.36. The highest BCUT2D eigenvalue weighted by Gasteiger charge is 2.07. The molecule has 0 aliphatic heterocycles. The second-order valence-corrected chi connectivity index (χ2v) is 4.40. The number of ether oxygens (including phenoxy) is 1. The summed E-state index contributed by atoms with van der Waals surface area (Å²) < 4.78 is 5.37. The van der Waals surface area contributed by atoms with Gasteiger partial charge in [-0.05, 0) is 38.5 Å². The first-order valence-corrected chi connectivity index (χ1v) is 6.32. The van der Waals surface area contributed by atoms with Crippen molar-refractivity contribution in [3.05, 3.63) is 35.2 Å². The fraction of sp³-hybridized carbons (Fsp3) is 0.357. The van der Waals surface area contributed by atoms with Crippen LogP contribution in [-0.4, -0.2) is 21.9 Å². The molecule has 3 N–H and O–H groups in total. The Kier molecular flexibility index (Phi) is 3.94. The Labute approximate surface area is 112 Å². The second kappa shape index (κ2) is 5.65. The summed E-state index contributed by atoms with van der Waals surface area (Å²) in [7, 11) is 0. The van der Waals surface area contributed by atoms with Gasteiger partial charge in [0.2, 0.25) is 0 Å². The Morgan fingerprint density at radius 2 is 2.16 bits per heavy atom. The van der Waals surface area contributed by atoms with Gasteiger partial charge >= 0.3 is 0 Å². The number of aromatic amines is 1. The molecule has 19 heavy (non-hydrogen) atoms. The van der Waals surface area contributed by atoms with Crippen molar-refractivity contribution in [2.75, 3.05) is 11.9 Å². The van der Waals surface area contributed by atoms with Gasteiger partial charge in [0.25, 0.3) is 0 Å². The molecule has 0 saturated heterocycles. The summed E-state index contributed by atoms with van der Waals surface area (Å²) >= 11 is 0. The van der Waals surface area contributed by atoms with Crippen molar-refractivity contribution in [2.24, 2.45) is 0 Å². The first-order chi connectivity index (χ1) is 9.11. The number of anilines is 1. The molecule has 102 valence electrons. The second-order valence-electron chi connectivity index (χ2n) is 4.40. The van der Waals surface area contributed by atoms with Gasteiger partial charge in [0, 0.05) is 6.54 Å². The number of phenolic OH excluding ortho intramolecular Hbond substituents is 1. The first-order valence-electron chi connectivity index (χ1n) is 6.32. The van der Waals surface area contributed by atoms with Gasteiger partial charge in [-0.3, -0.25) is 5.10 Å². The van der Waals surface area contributed by atoms with Gasteiger partial charge in [0.05, 0.1) is 23.7 Å². The summed E-state index contributed by atoms with van der Waals surface area (Å²) in [5.74, 6) is 0.684. The fourth-order valence-corrected chi connectivity index (χ4v) is 1.94. The zero-order valence-electron chi connectivity index (χ0n) is 11.4. The van der Waals surface area contributed by atoms with Crippen molar-refractivity contribution < 1.29 is 9.84 Å². The number of hydrogen-bond donors (Lipinski definition) is 3. The van der Waals surface area contributed by atoms with Gasteiger partial charge in [0.1, 0.15) is 0 Å². The van der Waals surface area contributed by atoms with Crippen molar-refractivity contribution >= 4 is 5.69 Å². The molecule has 1 aromatic carbocycles. The lowest BCUT2D eigenvalue weighted by molar-refractivity contribution is 0.318. The van der Waals surface area contributed by atoms with Gasteiger partial charge in [-0.1, -0.05) is 6.07 Å². The molecule has 1 heterocycles. The topological polar surface area (TPSA) is 70.2 Å². The molecule has 0 bridgehead atoms. The molecule has 0 fully saturated rings. The summed E-state index contributed by atoms with van der Waals surface area (Å²) in [5, 5.41) is 20.1. The molecule has 0 spiro atoms. The molecular weight excluding hydrogens is 242 g/mol. The number of aromatic nitrogens is 2. The van der Waals surface area contributed by atoms with Crippen molar-refractivity contribution in [1.82, 2.24) is 10.2 Å². The quantitative estimate of drug-likeness (QED) is 0.774. The minimum Gasteiger partial charge on any atom is -0.504 e. The summed E-state index contributed by atoms with van der Waals surface area (Å²) in [6.07, 6.45) is 0. The predicted molar refractivity (Wildman–Crippen MR) is 74.7 cm³/mol. The lowest BCUT2D eigenvalue weighted by atomic mass is 10.2. The lowest BCUT2D eigenvalue weighted by Crippen LogP contribution is -2.02. The number of nitrogens with one attached hydrogen (secondary N) is 2. The van der Waals surface area contributed by atoms with E-state index >= 15 is 0 Å². The average Bonchev–Trinajstić information content (AvgIpc) is 2.70. The van der Waals surface area contributed by atoms with Crippen molar-refractivity contribution in [3.63, 3.8) is 0 Å². The van der Waals surface area contributed by atoms with Crippen LogP contribution < -0.4 is 10.1 Å². The van der Waals surface area contributed by atoms with Crippen LogP contribution in [0.5, 0.6) is 11.5 Å². The van der Waals surface area contributed by atoms with E-state index in [0.717, 1.165) is 22.6 Å². The third-order valence-electron chi connectivity index (χ3n) is 2.92. The Hall–Kier alpha value is -2.17. The minimum absolute atomic E-state index is 0.168. The fourth-order valence-electron chi connectivity index (χ4n) is 1.94. The molecular formula is C14H19N3O2. The Bertz CT molecular complexity index is 544. The highest BCUT2D eigenvalue weighted by Crippen LogP contribution is 2.27. The molecule has 1 aromatic heterocycles. The molecule has 5 nitrogen and oxygen atoms in total. The highest BCUT2D eigenvalue weighted by atomic mass is 16.5. The van der Waals surface area contributed by atoms with Crippen LogP contribution in [0, 0.1) is 13.8 Å². The Balaban J connectivity index is 2.09. The Morgan fingerprint density at radius 3 is 2.79 bits per heavy atom. The third kappa shape index (κ3) is 2.99. The van der Waals surface area contributed by atoms with Gasteiger partial charge < -0.3 is 15.2 Å². The van der Waals surface area contributed by atoms with Crippen LogP contribution in [0.25, 0.3) is 0 Å². The minimum atomic E-state index is 0.168. The molecule has 0 radical (unpaired) electrons. The van der Waals surface area contributed by atoms with E-state index < -0.39 is 0 Å². The molecule has 2 rings (SSSR count). The summed E-state index contributed by atoms with van der Waals surface area (Å²) in [6.45, 7) is 7.01. The number of aromatic hydroxyl groups is 1. The Morgan fingerprint density at radius 1 is 1.37 bits per heavy atom. The van der Waals surface area contributed by atoms with Crippen LogP contribution in [-0.2, 0) is 6.54 Å². The maximum Gasteiger partial charge on any atom is 0.161 e. The SMILES string of the molecule is CCOc1cc(CNc2c(C)n[nH]c2C)ccc1O. The standard InChI is InChI=1S/C14H19N3O2/c1-4-19-13-7-11(5-6-12(13)18)8-15-14-9(2)16-17-10(14)3/h5-7,15,18H,4,8H2,1-3H3,(H,16,17). The zero-order valence-corrected chi connectivity index (χ0v) is 11.4. The van der Waals surface area contributed by atoms with Crippen molar-refractivity contribution in [1.29, 1.82) is 0 Å². The van der Waals surface area contributed by atoms with E-state index in [0.29, 0.717) is 18.9 Å². The number of hydrogen-bond acceptors (Lipinski definition) is 4. The van der Waals surface area contributed by atoms with E-state index in [9.17, 15) is 5.11 Å². The van der Waals surface area contributed by atoms with E-state index in [1.165, 1.54) is 0 Å². The number of benzene rings is 1. The monoisotopic (exact) mass is 261 g/mol. The number of H-pyrrole nitrogens is 1. The number of rotatable bonds is 5. The van der Waals surface area contributed by atoms with E-state index in [4.69, 9.17) is 4.74 Å².